The number of benzene rings is 1. The van der Waals surface area contributed by atoms with E-state index in [0.717, 1.165) is 21.3 Å². The van der Waals surface area contributed by atoms with Gasteiger partial charge in [0.25, 0.3) is 0 Å². The zero-order valence-electron chi connectivity index (χ0n) is 9.28. The Balaban J connectivity index is 2.09. The second-order valence-electron chi connectivity index (χ2n) is 3.69. The smallest absolute Gasteiger partial charge is 0.129 e. The molecule has 0 spiro atoms. The number of hydrogen-bond donors (Lipinski definition) is 0. The number of aromatic nitrogens is 1. The van der Waals surface area contributed by atoms with Crippen LogP contribution >= 0.6 is 27.5 Å². The van der Waals surface area contributed by atoms with Gasteiger partial charge in [0.05, 0.1) is 0 Å². The molecule has 0 N–H and O–H groups in total. The van der Waals surface area contributed by atoms with Crippen LogP contribution in [0.25, 0.3) is 0 Å². The number of pyridine rings is 1. The standard InChI is InChI=1S/C13H11BrClNO/c1-9-2-3-11(14)7-12(9)17-8-10-4-5-16-13(15)6-10/h2-7H,8H2,1H3. The van der Waals surface area contributed by atoms with Crippen LogP contribution in [0.2, 0.25) is 5.15 Å². The predicted molar refractivity (Wildman–Crippen MR) is 72.5 cm³/mol. The number of ether oxygens (including phenoxy) is 1. The van der Waals surface area contributed by atoms with Crippen molar-refractivity contribution in [1.29, 1.82) is 0 Å². The molecule has 0 bridgehead atoms. The van der Waals surface area contributed by atoms with Crippen LogP contribution in [0.15, 0.2) is 41.0 Å². The molecule has 0 aliphatic carbocycles. The molecular weight excluding hydrogens is 302 g/mol. The molecule has 0 aliphatic rings. The van der Waals surface area contributed by atoms with Crippen LogP contribution < -0.4 is 4.74 Å². The SMILES string of the molecule is Cc1ccc(Br)cc1OCc1ccnc(Cl)c1. The van der Waals surface area contributed by atoms with Crippen LogP contribution in [-0.4, -0.2) is 4.98 Å². The molecule has 1 aromatic carbocycles. The molecule has 0 saturated heterocycles. The Morgan fingerprint density at radius 1 is 1.29 bits per heavy atom. The van der Waals surface area contributed by atoms with E-state index in [1.54, 1.807) is 12.3 Å². The lowest BCUT2D eigenvalue weighted by atomic mass is 10.2. The third kappa shape index (κ3) is 3.45. The highest BCUT2D eigenvalue weighted by molar-refractivity contribution is 9.10. The fourth-order valence-electron chi connectivity index (χ4n) is 1.42. The van der Waals surface area contributed by atoms with Crippen LogP contribution in [0.3, 0.4) is 0 Å². The van der Waals surface area contributed by atoms with E-state index in [0.29, 0.717) is 11.8 Å². The Hall–Kier alpha value is -1.06. The van der Waals surface area contributed by atoms with Gasteiger partial charge in [-0.05, 0) is 42.3 Å². The minimum atomic E-state index is 0.483. The first-order valence-electron chi connectivity index (χ1n) is 5.14. The summed E-state index contributed by atoms with van der Waals surface area (Å²) in [5.74, 6) is 0.868. The fourth-order valence-corrected chi connectivity index (χ4v) is 1.96. The molecule has 17 heavy (non-hydrogen) atoms. The van der Waals surface area contributed by atoms with E-state index in [2.05, 4.69) is 20.9 Å². The van der Waals surface area contributed by atoms with Crippen LogP contribution in [0, 0.1) is 6.92 Å². The van der Waals surface area contributed by atoms with Gasteiger partial charge in [-0.15, -0.1) is 0 Å². The summed E-state index contributed by atoms with van der Waals surface area (Å²) >= 11 is 9.23. The van der Waals surface area contributed by atoms with Crippen LogP contribution in [-0.2, 0) is 6.61 Å². The predicted octanol–water partition coefficient (Wildman–Crippen LogP) is 4.38. The molecule has 2 aromatic rings. The van der Waals surface area contributed by atoms with Crippen molar-refractivity contribution in [1.82, 2.24) is 4.98 Å². The first-order valence-corrected chi connectivity index (χ1v) is 6.31. The van der Waals surface area contributed by atoms with Crippen molar-refractivity contribution in [3.63, 3.8) is 0 Å². The largest absolute Gasteiger partial charge is 0.489 e. The van der Waals surface area contributed by atoms with Gasteiger partial charge in [-0.1, -0.05) is 33.6 Å². The second-order valence-corrected chi connectivity index (χ2v) is 4.99. The number of rotatable bonds is 3. The lowest BCUT2D eigenvalue weighted by Crippen LogP contribution is -1.97. The molecule has 88 valence electrons. The molecular formula is C13H11BrClNO. The lowest BCUT2D eigenvalue weighted by Gasteiger charge is -2.09. The van der Waals surface area contributed by atoms with E-state index in [-0.39, 0.29) is 0 Å². The molecule has 0 fully saturated rings. The first kappa shape index (κ1) is 12.4. The summed E-state index contributed by atoms with van der Waals surface area (Å²) < 4.78 is 6.75. The molecule has 4 heteroatoms. The van der Waals surface area contributed by atoms with E-state index >= 15 is 0 Å². The van der Waals surface area contributed by atoms with E-state index in [1.807, 2.05) is 31.2 Å². The average molecular weight is 313 g/mol. The fraction of sp³-hybridized carbons (Fsp3) is 0.154. The zero-order chi connectivity index (χ0) is 12.3. The number of nitrogens with zero attached hydrogens (tertiary/aromatic N) is 1. The van der Waals surface area contributed by atoms with Crippen molar-refractivity contribution >= 4 is 27.5 Å². The van der Waals surface area contributed by atoms with Gasteiger partial charge in [-0.25, -0.2) is 4.98 Å². The molecule has 1 heterocycles. The molecule has 2 nitrogen and oxygen atoms in total. The molecule has 0 radical (unpaired) electrons. The van der Waals surface area contributed by atoms with Crippen molar-refractivity contribution in [2.75, 3.05) is 0 Å². The molecule has 0 aliphatic heterocycles. The van der Waals surface area contributed by atoms with Crippen molar-refractivity contribution in [2.45, 2.75) is 13.5 Å². The van der Waals surface area contributed by atoms with Crippen molar-refractivity contribution in [3.05, 3.63) is 57.3 Å². The van der Waals surface area contributed by atoms with Gasteiger partial charge in [0.1, 0.15) is 17.5 Å². The maximum atomic E-state index is 5.81. The molecule has 0 unspecified atom stereocenters. The highest BCUT2D eigenvalue weighted by atomic mass is 79.9. The van der Waals surface area contributed by atoms with Crippen molar-refractivity contribution in [2.24, 2.45) is 0 Å². The van der Waals surface area contributed by atoms with Gasteiger partial charge < -0.3 is 4.74 Å². The minimum absolute atomic E-state index is 0.483. The van der Waals surface area contributed by atoms with Gasteiger partial charge in [-0.2, -0.15) is 0 Å². The van der Waals surface area contributed by atoms with E-state index in [4.69, 9.17) is 16.3 Å². The minimum Gasteiger partial charge on any atom is -0.489 e. The van der Waals surface area contributed by atoms with Gasteiger partial charge >= 0.3 is 0 Å². The number of hydrogen-bond acceptors (Lipinski definition) is 2. The highest BCUT2D eigenvalue weighted by Crippen LogP contribution is 2.23. The van der Waals surface area contributed by atoms with Gasteiger partial charge in [0.2, 0.25) is 0 Å². The lowest BCUT2D eigenvalue weighted by molar-refractivity contribution is 0.304. The summed E-state index contributed by atoms with van der Waals surface area (Å²) in [6.07, 6.45) is 1.68. The Morgan fingerprint density at radius 2 is 2.12 bits per heavy atom. The quantitative estimate of drug-likeness (QED) is 0.784. The number of halogens is 2. The van der Waals surface area contributed by atoms with Crippen LogP contribution in [0.5, 0.6) is 5.75 Å². The Morgan fingerprint density at radius 3 is 2.88 bits per heavy atom. The Kier molecular flexibility index (Phi) is 4.02. The van der Waals surface area contributed by atoms with E-state index in [9.17, 15) is 0 Å². The average Bonchev–Trinajstić information content (AvgIpc) is 2.30. The Labute approximate surface area is 114 Å². The topological polar surface area (TPSA) is 22.1 Å². The second kappa shape index (κ2) is 5.52. The summed E-state index contributed by atoms with van der Waals surface area (Å²) in [6, 6.07) is 9.65. The maximum Gasteiger partial charge on any atom is 0.129 e. The van der Waals surface area contributed by atoms with Crippen molar-refractivity contribution in [3.8, 4) is 5.75 Å². The summed E-state index contributed by atoms with van der Waals surface area (Å²) in [7, 11) is 0. The zero-order valence-corrected chi connectivity index (χ0v) is 11.6. The van der Waals surface area contributed by atoms with E-state index < -0.39 is 0 Å². The monoisotopic (exact) mass is 311 g/mol. The summed E-state index contributed by atoms with van der Waals surface area (Å²) in [5.41, 5.74) is 2.11. The Bertz CT molecular complexity index is 531. The number of aryl methyl sites for hydroxylation is 1. The first-order chi connectivity index (χ1) is 8.15. The van der Waals surface area contributed by atoms with Crippen LogP contribution in [0.4, 0.5) is 0 Å². The summed E-state index contributed by atoms with van der Waals surface area (Å²) in [6.45, 7) is 2.50. The molecule has 0 atom stereocenters. The molecule has 0 saturated carbocycles. The summed E-state index contributed by atoms with van der Waals surface area (Å²) in [4.78, 5) is 3.93. The van der Waals surface area contributed by atoms with Crippen LogP contribution in [0.1, 0.15) is 11.1 Å². The third-order valence-corrected chi connectivity index (χ3v) is 3.04. The normalized spacial score (nSPS) is 10.3. The van der Waals surface area contributed by atoms with Gasteiger partial charge in [-0.3, -0.25) is 0 Å². The molecule has 1 aromatic heterocycles. The van der Waals surface area contributed by atoms with Gasteiger partial charge in [0, 0.05) is 10.7 Å². The summed E-state index contributed by atoms with van der Waals surface area (Å²) in [5, 5.41) is 0.483. The van der Waals surface area contributed by atoms with Crippen molar-refractivity contribution < 1.29 is 4.74 Å². The molecule has 2 rings (SSSR count). The van der Waals surface area contributed by atoms with E-state index in [1.165, 1.54) is 0 Å². The highest BCUT2D eigenvalue weighted by Gasteiger charge is 2.01. The third-order valence-electron chi connectivity index (χ3n) is 2.34. The maximum absolute atomic E-state index is 5.81. The molecule has 0 amide bonds. The van der Waals surface area contributed by atoms with Gasteiger partial charge in [0.15, 0.2) is 0 Å².